The van der Waals surface area contributed by atoms with E-state index in [4.69, 9.17) is 5.73 Å². The number of guanidine groups is 1. The highest BCUT2D eigenvalue weighted by molar-refractivity contribution is 7.09. The van der Waals surface area contributed by atoms with E-state index in [0.717, 1.165) is 19.5 Å². The number of thiophene rings is 1. The van der Waals surface area contributed by atoms with E-state index in [1.54, 1.807) is 11.3 Å². The highest BCUT2D eigenvalue weighted by Gasteiger charge is 2.07. The van der Waals surface area contributed by atoms with Gasteiger partial charge in [-0.15, -0.1) is 11.3 Å². The van der Waals surface area contributed by atoms with E-state index in [1.807, 2.05) is 0 Å². The Morgan fingerprint density at radius 3 is 2.62 bits per heavy atom. The van der Waals surface area contributed by atoms with E-state index in [0.29, 0.717) is 18.5 Å². The SMILES string of the molecule is CC(C)N(C)Cc1ccccc1CN=C(N)NCCc1cccs1. The quantitative estimate of drug-likeness (QED) is 0.571. The van der Waals surface area contributed by atoms with Crippen LogP contribution in [0.2, 0.25) is 0 Å². The molecule has 3 N–H and O–H groups in total. The van der Waals surface area contributed by atoms with Crippen LogP contribution in [-0.2, 0) is 19.5 Å². The molecule has 2 aromatic rings. The van der Waals surface area contributed by atoms with Crippen molar-refractivity contribution in [2.24, 2.45) is 10.7 Å². The maximum absolute atomic E-state index is 5.99. The van der Waals surface area contributed by atoms with Crippen LogP contribution in [0.4, 0.5) is 0 Å². The van der Waals surface area contributed by atoms with Gasteiger partial charge in [-0.05, 0) is 49.9 Å². The molecule has 0 aliphatic heterocycles. The van der Waals surface area contributed by atoms with Crippen molar-refractivity contribution >= 4 is 17.3 Å². The fraction of sp³-hybridized carbons (Fsp3) is 0.421. The van der Waals surface area contributed by atoms with Crippen LogP contribution in [0.5, 0.6) is 0 Å². The topological polar surface area (TPSA) is 53.6 Å². The molecule has 130 valence electrons. The Morgan fingerprint density at radius 2 is 1.96 bits per heavy atom. The molecule has 5 heteroatoms. The van der Waals surface area contributed by atoms with Gasteiger partial charge in [0.05, 0.1) is 6.54 Å². The monoisotopic (exact) mass is 344 g/mol. The summed E-state index contributed by atoms with van der Waals surface area (Å²) < 4.78 is 0. The lowest BCUT2D eigenvalue weighted by Crippen LogP contribution is -2.33. The van der Waals surface area contributed by atoms with Crippen molar-refractivity contribution in [1.29, 1.82) is 0 Å². The molecule has 0 unspecified atom stereocenters. The third kappa shape index (κ3) is 5.98. The Morgan fingerprint density at radius 1 is 1.21 bits per heavy atom. The Balaban J connectivity index is 1.87. The van der Waals surface area contributed by atoms with E-state index in [1.165, 1.54) is 16.0 Å². The number of nitrogens with one attached hydrogen (secondary N) is 1. The molecule has 4 nitrogen and oxygen atoms in total. The minimum absolute atomic E-state index is 0.513. The van der Waals surface area contributed by atoms with Gasteiger partial charge in [0, 0.05) is 24.0 Å². The Kier molecular flexibility index (Phi) is 7.28. The summed E-state index contributed by atoms with van der Waals surface area (Å²) in [5, 5.41) is 5.29. The van der Waals surface area contributed by atoms with Gasteiger partial charge in [-0.3, -0.25) is 4.90 Å². The number of hydrogen-bond acceptors (Lipinski definition) is 3. The second kappa shape index (κ2) is 9.45. The fourth-order valence-electron chi connectivity index (χ4n) is 2.31. The number of benzene rings is 1. The molecular formula is C19H28N4S. The van der Waals surface area contributed by atoms with E-state index in [9.17, 15) is 0 Å². The van der Waals surface area contributed by atoms with Crippen molar-refractivity contribution in [3.63, 3.8) is 0 Å². The van der Waals surface area contributed by atoms with Gasteiger partial charge in [0.15, 0.2) is 5.96 Å². The van der Waals surface area contributed by atoms with Crippen molar-refractivity contribution < 1.29 is 0 Å². The number of nitrogens with two attached hydrogens (primary N) is 1. The first-order valence-electron chi connectivity index (χ1n) is 8.39. The molecule has 0 spiro atoms. The van der Waals surface area contributed by atoms with E-state index in [-0.39, 0.29) is 0 Å². The zero-order valence-corrected chi connectivity index (χ0v) is 15.6. The van der Waals surface area contributed by atoms with Crippen molar-refractivity contribution in [2.75, 3.05) is 13.6 Å². The third-order valence-corrected chi connectivity index (χ3v) is 5.03. The molecule has 0 saturated carbocycles. The van der Waals surface area contributed by atoms with Gasteiger partial charge in [0.2, 0.25) is 0 Å². The molecule has 0 bridgehead atoms. The molecule has 0 aliphatic carbocycles. The summed E-state index contributed by atoms with van der Waals surface area (Å²) in [7, 11) is 2.14. The summed E-state index contributed by atoms with van der Waals surface area (Å²) in [5.74, 6) is 0.513. The Labute approximate surface area is 149 Å². The van der Waals surface area contributed by atoms with Gasteiger partial charge in [0.1, 0.15) is 0 Å². The lowest BCUT2D eigenvalue weighted by molar-refractivity contribution is 0.265. The van der Waals surface area contributed by atoms with Crippen LogP contribution >= 0.6 is 11.3 Å². The predicted molar refractivity (Wildman–Crippen MR) is 104 cm³/mol. The Hall–Kier alpha value is -1.85. The lowest BCUT2D eigenvalue weighted by Gasteiger charge is -2.22. The van der Waals surface area contributed by atoms with Crippen LogP contribution in [0.1, 0.15) is 29.9 Å². The standard InChI is InChI=1S/C19H28N4S/c1-15(2)23(3)14-17-8-5-4-7-16(17)13-22-19(20)21-11-10-18-9-6-12-24-18/h4-9,12,15H,10-11,13-14H2,1-3H3,(H3,20,21,22). The van der Waals surface area contributed by atoms with Crippen LogP contribution < -0.4 is 11.1 Å². The first-order chi connectivity index (χ1) is 11.6. The summed E-state index contributed by atoms with van der Waals surface area (Å²) in [5.41, 5.74) is 8.53. The first-order valence-corrected chi connectivity index (χ1v) is 9.27. The second-order valence-corrected chi connectivity index (χ2v) is 7.27. The van der Waals surface area contributed by atoms with Crippen molar-refractivity contribution in [1.82, 2.24) is 10.2 Å². The van der Waals surface area contributed by atoms with Gasteiger partial charge in [-0.25, -0.2) is 4.99 Å². The van der Waals surface area contributed by atoms with Crippen LogP contribution in [0.3, 0.4) is 0 Å². The zero-order chi connectivity index (χ0) is 17.4. The van der Waals surface area contributed by atoms with E-state index >= 15 is 0 Å². The lowest BCUT2D eigenvalue weighted by atomic mass is 10.1. The maximum Gasteiger partial charge on any atom is 0.188 e. The molecule has 1 heterocycles. The largest absolute Gasteiger partial charge is 0.370 e. The highest BCUT2D eigenvalue weighted by Crippen LogP contribution is 2.13. The van der Waals surface area contributed by atoms with Crippen molar-refractivity contribution in [3.8, 4) is 0 Å². The summed E-state index contributed by atoms with van der Waals surface area (Å²) in [6.07, 6.45) is 0.976. The fourth-order valence-corrected chi connectivity index (χ4v) is 3.02. The normalized spacial score (nSPS) is 12.1. The molecule has 0 aliphatic rings. The van der Waals surface area contributed by atoms with Crippen LogP contribution in [-0.4, -0.2) is 30.5 Å². The van der Waals surface area contributed by atoms with Crippen LogP contribution in [0.15, 0.2) is 46.8 Å². The summed E-state index contributed by atoms with van der Waals surface area (Å²) >= 11 is 1.77. The van der Waals surface area contributed by atoms with Gasteiger partial charge < -0.3 is 11.1 Å². The predicted octanol–water partition coefficient (Wildman–Crippen LogP) is 3.24. The number of aliphatic imine (C=N–C) groups is 1. The molecule has 1 aromatic heterocycles. The van der Waals surface area contributed by atoms with Gasteiger partial charge in [0.25, 0.3) is 0 Å². The maximum atomic E-state index is 5.99. The van der Waals surface area contributed by atoms with E-state index in [2.05, 4.69) is 77.9 Å². The summed E-state index contributed by atoms with van der Waals surface area (Å²) in [6.45, 7) is 6.76. The molecule has 2 rings (SSSR count). The molecule has 0 saturated heterocycles. The first kappa shape index (κ1) is 18.5. The summed E-state index contributed by atoms with van der Waals surface area (Å²) in [6, 6.07) is 13.2. The van der Waals surface area contributed by atoms with Gasteiger partial charge >= 0.3 is 0 Å². The highest BCUT2D eigenvalue weighted by atomic mass is 32.1. The number of hydrogen-bond donors (Lipinski definition) is 2. The van der Waals surface area contributed by atoms with Crippen LogP contribution in [0.25, 0.3) is 0 Å². The van der Waals surface area contributed by atoms with Crippen LogP contribution in [0, 0.1) is 0 Å². The minimum Gasteiger partial charge on any atom is -0.370 e. The average molecular weight is 345 g/mol. The minimum atomic E-state index is 0.513. The molecule has 0 fully saturated rings. The van der Waals surface area contributed by atoms with E-state index < -0.39 is 0 Å². The second-order valence-electron chi connectivity index (χ2n) is 6.24. The molecule has 0 amide bonds. The van der Waals surface area contributed by atoms with Crippen molar-refractivity contribution in [2.45, 2.75) is 39.4 Å². The molecular weight excluding hydrogens is 316 g/mol. The third-order valence-electron chi connectivity index (χ3n) is 4.10. The molecule has 0 radical (unpaired) electrons. The Bertz CT molecular complexity index is 635. The summed E-state index contributed by atoms with van der Waals surface area (Å²) in [4.78, 5) is 8.18. The zero-order valence-electron chi connectivity index (χ0n) is 14.8. The van der Waals surface area contributed by atoms with Crippen molar-refractivity contribution in [3.05, 3.63) is 57.8 Å². The molecule has 24 heavy (non-hydrogen) atoms. The molecule has 0 atom stereocenters. The smallest absolute Gasteiger partial charge is 0.188 e. The average Bonchev–Trinajstić information content (AvgIpc) is 3.07. The number of nitrogens with zero attached hydrogens (tertiary/aromatic N) is 2. The van der Waals surface area contributed by atoms with Gasteiger partial charge in [-0.2, -0.15) is 0 Å². The van der Waals surface area contributed by atoms with Gasteiger partial charge in [-0.1, -0.05) is 30.3 Å². The number of rotatable bonds is 8. The molecule has 1 aromatic carbocycles.